The number of thiophene rings is 1. The molecule has 0 amide bonds. The SMILES string of the molecule is CCCc1sc(N)c(C#N)c1C1CCCc2c(-c3nc(NC4CC4)c4c(OC)nn(CC(C)N(C)CC)c4n3)noc21. The number of ether oxygens (including phenoxy) is 1. The van der Waals surface area contributed by atoms with Crippen molar-refractivity contribution >= 4 is 33.2 Å². The van der Waals surface area contributed by atoms with Crippen LogP contribution in [0.5, 0.6) is 5.88 Å². The van der Waals surface area contributed by atoms with Crippen LogP contribution in [0.15, 0.2) is 4.52 Å². The molecule has 0 bridgehead atoms. The van der Waals surface area contributed by atoms with E-state index in [1.165, 1.54) is 11.3 Å². The van der Waals surface area contributed by atoms with Gasteiger partial charge in [-0.25, -0.2) is 14.6 Å². The highest BCUT2D eigenvalue weighted by molar-refractivity contribution is 7.16. The first-order valence-electron chi connectivity index (χ1n) is 15.0. The van der Waals surface area contributed by atoms with Crippen LogP contribution in [0.3, 0.4) is 0 Å². The number of likely N-dealkylation sites (N-methyl/N-ethyl adjacent to an activating group) is 1. The first-order chi connectivity index (χ1) is 20.4. The summed E-state index contributed by atoms with van der Waals surface area (Å²) in [6.07, 6.45) is 6.69. The van der Waals surface area contributed by atoms with Crippen LogP contribution in [0.2, 0.25) is 0 Å². The fourth-order valence-electron chi connectivity index (χ4n) is 5.95. The third-order valence-electron chi connectivity index (χ3n) is 8.61. The molecule has 4 aromatic heterocycles. The Labute approximate surface area is 250 Å². The van der Waals surface area contributed by atoms with Crippen LogP contribution in [0.1, 0.15) is 86.1 Å². The highest BCUT2D eigenvalue weighted by atomic mass is 32.1. The second kappa shape index (κ2) is 11.5. The van der Waals surface area contributed by atoms with Gasteiger partial charge in [0.2, 0.25) is 5.88 Å². The fourth-order valence-corrected chi connectivity index (χ4v) is 7.14. The van der Waals surface area contributed by atoms with Crippen molar-refractivity contribution < 1.29 is 9.26 Å². The number of anilines is 2. The van der Waals surface area contributed by atoms with Crippen LogP contribution < -0.4 is 15.8 Å². The lowest BCUT2D eigenvalue weighted by atomic mass is 9.81. The highest BCUT2D eigenvalue weighted by Crippen LogP contribution is 2.46. The molecular weight excluding hydrogens is 550 g/mol. The summed E-state index contributed by atoms with van der Waals surface area (Å²) in [5, 5.41) is 24.3. The Balaban J connectivity index is 1.48. The molecule has 3 N–H and O–H groups in total. The number of nitrogens with two attached hydrogens (primary N) is 1. The van der Waals surface area contributed by atoms with Gasteiger partial charge in [0.1, 0.15) is 28.0 Å². The summed E-state index contributed by atoms with van der Waals surface area (Å²) in [5.74, 6) is 2.46. The number of nitrogen functional groups attached to an aromatic ring is 1. The van der Waals surface area contributed by atoms with E-state index in [4.69, 9.17) is 30.1 Å². The maximum Gasteiger partial charge on any atom is 0.246 e. The Morgan fingerprint density at radius 2 is 2.10 bits per heavy atom. The lowest BCUT2D eigenvalue weighted by molar-refractivity contribution is 0.240. The molecule has 11 nitrogen and oxygen atoms in total. The molecule has 2 aliphatic carbocycles. The lowest BCUT2D eigenvalue weighted by Gasteiger charge is -2.23. The van der Waals surface area contributed by atoms with E-state index in [1.54, 1.807) is 7.11 Å². The average Bonchev–Trinajstić information content (AvgIpc) is 3.45. The zero-order chi connectivity index (χ0) is 29.5. The number of hydrogen-bond donors (Lipinski definition) is 2. The zero-order valence-electron chi connectivity index (χ0n) is 25.0. The van der Waals surface area contributed by atoms with Gasteiger partial charge < -0.3 is 25.2 Å². The predicted octanol–water partition coefficient (Wildman–Crippen LogP) is 5.34. The van der Waals surface area contributed by atoms with E-state index < -0.39 is 0 Å². The third-order valence-corrected chi connectivity index (χ3v) is 9.71. The van der Waals surface area contributed by atoms with Gasteiger partial charge in [-0.3, -0.25) is 0 Å². The molecule has 4 aromatic rings. The summed E-state index contributed by atoms with van der Waals surface area (Å²) in [5.41, 5.74) is 10.3. The average molecular weight is 590 g/mol. The monoisotopic (exact) mass is 589 g/mol. The number of fused-ring (bicyclic) bond motifs is 2. The van der Waals surface area contributed by atoms with Gasteiger partial charge in [0, 0.05) is 28.4 Å². The van der Waals surface area contributed by atoms with E-state index in [9.17, 15) is 5.26 Å². The van der Waals surface area contributed by atoms with Crippen molar-refractivity contribution in [2.45, 2.75) is 90.3 Å². The van der Waals surface area contributed by atoms with Crippen molar-refractivity contribution in [3.05, 3.63) is 27.3 Å². The molecular formula is C30H39N9O2S. The summed E-state index contributed by atoms with van der Waals surface area (Å²) < 4.78 is 13.8. The number of nitrogens with zero attached hydrogens (tertiary/aromatic N) is 7. The number of nitriles is 1. The van der Waals surface area contributed by atoms with Crippen LogP contribution in [0.25, 0.3) is 22.6 Å². The van der Waals surface area contributed by atoms with E-state index >= 15 is 0 Å². The van der Waals surface area contributed by atoms with Crippen molar-refractivity contribution in [1.29, 1.82) is 5.26 Å². The van der Waals surface area contributed by atoms with Crippen molar-refractivity contribution in [2.24, 2.45) is 0 Å². The quantitative estimate of drug-likeness (QED) is 0.235. The summed E-state index contributed by atoms with van der Waals surface area (Å²) in [6.45, 7) is 8.06. The van der Waals surface area contributed by atoms with Crippen LogP contribution >= 0.6 is 11.3 Å². The normalized spacial score (nSPS) is 17.4. The third kappa shape index (κ3) is 4.98. The van der Waals surface area contributed by atoms with Crippen LogP contribution in [0.4, 0.5) is 10.8 Å². The zero-order valence-corrected chi connectivity index (χ0v) is 25.8. The molecule has 12 heteroatoms. The van der Waals surface area contributed by atoms with Gasteiger partial charge in [0.25, 0.3) is 0 Å². The largest absolute Gasteiger partial charge is 0.479 e. The number of nitrogens with one attached hydrogen (secondary N) is 1. The van der Waals surface area contributed by atoms with Crippen molar-refractivity contribution in [3.63, 3.8) is 0 Å². The second-order valence-corrected chi connectivity index (χ2v) is 12.6. The Morgan fingerprint density at radius 3 is 2.79 bits per heavy atom. The van der Waals surface area contributed by atoms with Gasteiger partial charge in [0.15, 0.2) is 17.2 Å². The van der Waals surface area contributed by atoms with Gasteiger partial charge in [-0.1, -0.05) is 25.4 Å². The summed E-state index contributed by atoms with van der Waals surface area (Å²) in [6, 6.07) is 2.98. The molecule has 6 rings (SSSR count). The van der Waals surface area contributed by atoms with Gasteiger partial charge in [-0.15, -0.1) is 16.4 Å². The molecule has 0 saturated heterocycles. The fraction of sp³-hybridized carbons (Fsp3) is 0.567. The maximum atomic E-state index is 9.99. The summed E-state index contributed by atoms with van der Waals surface area (Å²) in [7, 11) is 3.74. The minimum atomic E-state index is -0.0661. The van der Waals surface area contributed by atoms with Gasteiger partial charge >= 0.3 is 0 Å². The molecule has 2 atom stereocenters. The van der Waals surface area contributed by atoms with Gasteiger partial charge in [-0.05, 0) is 64.6 Å². The van der Waals surface area contributed by atoms with Crippen molar-refractivity contribution in [1.82, 2.24) is 29.8 Å². The number of rotatable bonds is 11. The predicted molar refractivity (Wildman–Crippen MR) is 164 cm³/mol. The molecule has 0 aromatic carbocycles. The van der Waals surface area contributed by atoms with Gasteiger partial charge in [-0.2, -0.15) is 5.26 Å². The number of aromatic nitrogens is 5. The Kier molecular flexibility index (Phi) is 7.81. The van der Waals surface area contributed by atoms with Crippen LogP contribution in [-0.2, 0) is 19.4 Å². The van der Waals surface area contributed by atoms with Crippen molar-refractivity contribution in [2.75, 3.05) is 31.8 Å². The van der Waals surface area contributed by atoms with Crippen LogP contribution in [0, 0.1) is 11.3 Å². The minimum Gasteiger partial charge on any atom is -0.479 e. The first-order valence-corrected chi connectivity index (χ1v) is 15.8. The molecule has 1 fully saturated rings. The molecule has 2 unspecified atom stereocenters. The molecule has 222 valence electrons. The number of methoxy groups -OCH3 is 1. The molecule has 0 radical (unpaired) electrons. The van der Waals surface area contributed by atoms with E-state index in [-0.39, 0.29) is 12.0 Å². The van der Waals surface area contributed by atoms with Crippen LogP contribution in [-0.4, -0.2) is 62.6 Å². The van der Waals surface area contributed by atoms with E-state index in [0.717, 1.165) is 78.6 Å². The maximum absolute atomic E-state index is 9.99. The molecule has 42 heavy (non-hydrogen) atoms. The van der Waals surface area contributed by atoms with Crippen molar-refractivity contribution in [3.8, 4) is 23.5 Å². The molecule has 0 spiro atoms. The number of hydrogen-bond acceptors (Lipinski definition) is 11. The Morgan fingerprint density at radius 1 is 1.29 bits per heavy atom. The molecule has 2 aliphatic rings. The molecule has 4 heterocycles. The topological polar surface area (TPSA) is 144 Å². The first kappa shape index (κ1) is 28.4. The van der Waals surface area contributed by atoms with Gasteiger partial charge in [0.05, 0.1) is 19.2 Å². The Bertz CT molecular complexity index is 1640. The second-order valence-electron chi connectivity index (χ2n) is 11.5. The highest BCUT2D eigenvalue weighted by Gasteiger charge is 2.36. The summed E-state index contributed by atoms with van der Waals surface area (Å²) >= 11 is 1.53. The summed E-state index contributed by atoms with van der Waals surface area (Å²) in [4.78, 5) is 13.5. The van der Waals surface area contributed by atoms with E-state index in [0.29, 0.717) is 52.0 Å². The van der Waals surface area contributed by atoms with E-state index in [1.807, 2.05) is 4.68 Å². The Hall–Kier alpha value is -3.69. The van der Waals surface area contributed by atoms with E-state index in [2.05, 4.69) is 49.3 Å². The smallest absolute Gasteiger partial charge is 0.246 e. The standard InChI is InChI=1S/C30H39N9O2S/c1-6-9-21-22(20(14-31)26(32)42-21)18-10-8-11-19-24(37-41-25(18)19)28-34-27(33-17-12-13-17)23-29(35-28)39(36-30(23)40-5)15-16(3)38(4)7-2/h16-18H,6-13,15,32H2,1-5H3,(H,33,34,35). The molecule has 0 aliphatic heterocycles. The molecule has 1 saturated carbocycles. The lowest BCUT2D eigenvalue weighted by Crippen LogP contribution is -2.32. The number of aryl methyl sites for hydroxylation is 1. The minimum absolute atomic E-state index is 0.0661.